The molecule has 0 spiro atoms. The number of benzene rings is 1. The van der Waals surface area contributed by atoms with Crippen LogP contribution in [0.5, 0.6) is 0 Å². The lowest BCUT2D eigenvalue weighted by Crippen LogP contribution is -2.04. The molecule has 0 fully saturated rings. The van der Waals surface area contributed by atoms with E-state index in [1.165, 1.54) is 6.08 Å². The second-order valence-electron chi connectivity index (χ2n) is 3.29. The van der Waals surface area contributed by atoms with Crippen LogP contribution in [0, 0.1) is 11.3 Å². The number of rotatable bonds is 4. The predicted octanol–water partition coefficient (Wildman–Crippen LogP) is 3.20. The average Bonchev–Trinajstić information content (AvgIpc) is 2.29. The third-order valence-electron chi connectivity index (χ3n) is 2.07. The molecule has 17 heavy (non-hydrogen) atoms. The van der Waals surface area contributed by atoms with Crippen LogP contribution >= 0.6 is 11.6 Å². The maximum Gasteiger partial charge on any atom is 0.310 e. The molecular formula is C13H12ClNO2. The highest BCUT2D eigenvalue weighted by atomic mass is 35.5. The highest BCUT2D eigenvalue weighted by Crippen LogP contribution is 2.21. The van der Waals surface area contributed by atoms with Crippen molar-refractivity contribution in [1.82, 2.24) is 0 Å². The zero-order valence-electron chi connectivity index (χ0n) is 9.44. The summed E-state index contributed by atoms with van der Waals surface area (Å²) in [5.74, 6) is -0.353. The van der Waals surface area contributed by atoms with Crippen LogP contribution in [0.2, 0.25) is 5.02 Å². The van der Waals surface area contributed by atoms with Gasteiger partial charge in [-0.2, -0.15) is 5.26 Å². The minimum atomic E-state index is -0.353. The fourth-order valence-electron chi connectivity index (χ4n) is 1.37. The maximum atomic E-state index is 11.4. The molecule has 1 rings (SSSR count). The first-order chi connectivity index (χ1) is 8.17. The van der Waals surface area contributed by atoms with Gasteiger partial charge in [0, 0.05) is 11.1 Å². The van der Waals surface area contributed by atoms with Gasteiger partial charge in [0.15, 0.2) is 0 Å². The van der Waals surface area contributed by atoms with Crippen molar-refractivity contribution in [3.05, 3.63) is 40.9 Å². The number of carbonyl (C=O) groups excluding carboxylic acids is 1. The molecule has 88 valence electrons. The van der Waals surface area contributed by atoms with E-state index >= 15 is 0 Å². The van der Waals surface area contributed by atoms with Gasteiger partial charge in [-0.15, -0.1) is 0 Å². The minimum Gasteiger partial charge on any atom is -0.466 e. The number of nitriles is 1. The Labute approximate surface area is 105 Å². The molecule has 0 aromatic heterocycles. The first-order valence-electron chi connectivity index (χ1n) is 5.17. The lowest BCUT2D eigenvalue weighted by molar-refractivity contribution is -0.141. The second kappa shape index (κ2) is 6.72. The summed E-state index contributed by atoms with van der Waals surface area (Å²) >= 11 is 5.86. The first kappa shape index (κ1) is 13.3. The molecule has 3 nitrogen and oxygen atoms in total. The maximum absolute atomic E-state index is 11.4. The van der Waals surface area contributed by atoms with Crippen molar-refractivity contribution >= 4 is 23.1 Å². The monoisotopic (exact) mass is 249 g/mol. The SMILES string of the molecule is CCOC(=O)CC(=CC#N)c1cccc(Cl)c1. The van der Waals surface area contributed by atoms with Gasteiger partial charge in [0.1, 0.15) is 0 Å². The molecule has 0 atom stereocenters. The van der Waals surface area contributed by atoms with Crippen molar-refractivity contribution in [3.8, 4) is 6.07 Å². The van der Waals surface area contributed by atoms with Crippen LogP contribution in [0.1, 0.15) is 18.9 Å². The Hall–Kier alpha value is -1.79. The van der Waals surface area contributed by atoms with Crippen molar-refractivity contribution < 1.29 is 9.53 Å². The Morgan fingerprint density at radius 2 is 2.35 bits per heavy atom. The Kier molecular flexibility index (Phi) is 5.25. The Bertz CT molecular complexity index is 475. The third kappa shape index (κ3) is 4.29. The van der Waals surface area contributed by atoms with Crippen molar-refractivity contribution in [1.29, 1.82) is 5.26 Å². The van der Waals surface area contributed by atoms with Gasteiger partial charge in [0.2, 0.25) is 0 Å². The second-order valence-corrected chi connectivity index (χ2v) is 3.73. The van der Waals surface area contributed by atoms with Crippen LogP contribution in [0.3, 0.4) is 0 Å². The van der Waals surface area contributed by atoms with Gasteiger partial charge < -0.3 is 4.74 Å². The molecule has 0 unspecified atom stereocenters. The van der Waals surface area contributed by atoms with Gasteiger partial charge >= 0.3 is 5.97 Å². The molecule has 0 N–H and O–H groups in total. The van der Waals surface area contributed by atoms with E-state index in [1.807, 2.05) is 6.07 Å². The quantitative estimate of drug-likeness (QED) is 0.608. The van der Waals surface area contributed by atoms with E-state index in [1.54, 1.807) is 31.2 Å². The summed E-state index contributed by atoms with van der Waals surface area (Å²) in [4.78, 5) is 11.4. The molecule has 1 aromatic carbocycles. The number of hydrogen-bond acceptors (Lipinski definition) is 3. The molecule has 0 saturated carbocycles. The fraction of sp³-hybridized carbons (Fsp3) is 0.231. The molecule has 1 aromatic rings. The molecule has 0 aliphatic rings. The van der Waals surface area contributed by atoms with E-state index in [9.17, 15) is 4.79 Å². The third-order valence-corrected chi connectivity index (χ3v) is 2.31. The van der Waals surface area contributed by atoms with Gasteiger partial charge in [-0.1, -0.05) is 23.7 Å². The summed E-state index contributed by atoms with van der Waals surface area (Å²) in [6, 6.07) is 8.94. The number of hydrogen-bond donors (Lipinski definition) is 0. The first-order valence-corrected chi connectivity index (χ1v) is 5.55. The highest BCUT2D eigenvalue weighted by Gasteiger charge is 2.09. The lowest BCUT2D eigenvalue weighted by Gasteiger charge is -2.06. The summed E-state index contributed by atoms with van der Waals surface area (Å²) in [6.07, 6.45) is 1.41. The number of nitrogens with zero attached hydrogens (tertiary/aromatic N) is 1. The molecule has 4 heteroatoms. The van der Waals surface area contributed by atoms with Crippen LogP contribution < -0.4 is 0 Å². The summed E-state index contributed by atoms with van der Waals surface area (Å²) in [6.45, 7) is 2.07. The Morgan fingerprint density at radius 3 is 2.94 bits per heavy atom. The van der Waals surface area contributed by atoms with Gasteiger partial charge in [-0.05, 0) is 30.2 Å². The van der Waals surface area contributed by atoms with Crippen LogP contribution in [-0.2, 0) is 9.53 Å². The number of carbonyl (C=O) groups is 1. The average molecular weight is 250 g/mol. The molecule has 0 saturated heterocycles. The van der Waals surface area contributed by atoms with E-state index in [2.05, 4.69) is 0 Å². The number of halogens is 1. The Balaban J connectivity index is 2.92. The van der Waals surface area contributed by atoms with Crippen LogP contribution in [0.15, 0.2) is 30.3 Å². The zero-order valence-corrected chi connectivity index (χ0v) is 10.2. The topological polar surface area (TPSA) is 50.1 Å². The van der Waals surface area contributed by atoms with Crippen molar-refractivity contribution in [2.24, 2.45) is 0 Å². The predicted molar refractivity (Wildman–Crippen MR) is 66.3 cm³/mol. The van der Waals surface area contributed by atoms with Crippen molar-refractivity contribution in [3.63, 3.8) is 0 Å². The van der Waals surface area contributed by atoms with Gasteiger partial charge in [0.05, 0.1) is 19.1 Å². The number of allylic oxidation sites excluding steroid dienone is 1. The number of ether oxygens (including phenoxy) is 1. The molecule has 0 amide bonds. The summed E-state index contributed by atoms with van der Waals surface area (Å²) in [5.41, 5.74) is 1.36. The van der Waals surface area contributed by atoms with E-state index in [0.717, 1.165) is 5.56 Å². The molecule has 0 bridgehead atoms. The van der Waals surface area contributed by atoms with Crippen molar-refractivity contribution in [2.45, 2.75) is 13.3 Å². The molecule has 0 heterocycles. The molecule has 0 aliphatic carbocycles. The normalized spacial score (nSPS) is 10.8. The van der Waals surface area contributed by atoms with Gasteiger partial charge in [-0.3, -0.25) is 4.79 Å². The Morgan fingerprint density at radius 1 is 1.59 bits per heavy atom. The fourth-order valence-corrected chi connectivity index (χ4v) is 1.56. The standard InChI is InChI=1S/C13H12ClNO2/c1-2-17-13(16)9-11(6-7-15)10-4-3-5-12(14)8-10/h3-6,8H,2,9H2,1H3. The van der Waals surface area contributed by atoms with Crippen LogP contribution in [-0.4, -0.2) is 12.6 Å². The minimum absolute atomic E-state index is 0.0712. The van der Waals surface area contributed by atoms with E-state index < -0.39 is 0 Å². The summed E-state index contributed by atoms with van der Waals surface area (Å²) < 4.78 is 4.85. The lowest BCUT2D eigenvalue weighted by atomic mass is 10.0. The zero-order chi connectivity index (χ0) is 12.7. The molecular weight excluding hydrogens is 238 g/mol. The largest absolute Gasteiger partial charge is 0.466 e. The van der Waals surface area contributed by atoms with Gasteiger partial charge in [-0.25, -0.2) is 0 Å². The molecule has 0 radical (unpaired) electrons. The van der Waals surface area contributed by atoms with E-state index in [4.69, 9.17) is 21.6 Å². The smallest absolute Gasteiger partial charge is 0.310 e. The summed E-state index contributed by atoms with van der Waals surface area (Å²) in [7, 11) is 0. The van der Waals surface area contributed by atoms with Crippen LogP contribution in [0.4, 0.5) is 0 Å². The van der Waals surface area contributed by atoms with Gasteiger partial charge in [0.25, 0.3) is 0 Å². The highest BCUT2D eigenvalue weighted by molar-refractivity contribution is 6.30. The van der Waals surface area contributed by atoms with E-state index in [-0.39, 0.29) is 12.4 Å². The number of esters is 1. The van der Waals surface area contributed by atoms with Crippen LogP contribution in [0.25, 0.3) is 5.57 Å². The van der Waals surface area contributed by atoms with Crippen molar-refractivity contribution in [2.75, 3.05) is 6.61 Å². The summed E-state index contributed by atoms with van der Waals surface area (Å²) in [5, 5.41) is 9.26. The van der Waals surface area contributed by atoms with E-state index in [0.29, 0.717) is 17.2 Å². The molecule has 0 aliphatic heterocycles.